The van der Waals surface area contributed by atoms with Crippen LogP contribution in [0.1, 0.15) is 53.4 Å². The summed E-state index contributed by atoms with van der Waals surface area (Å²) in [6.07, 6.45) is 3.79. The van der Waals surface area contributed by atoms with Crippen LogP contribution in [0.2, 0.25) is 0 Å². The van der Waals surface area contributed by atoms with Crippen LogP contribution in [0.15, 0.2) is 12.2 Å². The summed E-state index contributed by atoms with van der Waals surface area (Å²) < 4.78 is 0. The third-order valence-electron chi connectivity index (χ3n) is 3.48. The first kappa shape index (κ1) is 13.5. The minimum atomic E-state index is 0.445. The Morgan fingerprint density at radius 1 is 1.25 bits per heavy atom. The molecule has 0 N–H and O–H groups in total. The standard InChI is InChI=1S/C15H26O/c1-10(2)6-12(5)15-9-14(16)8-13(15)7-11(3)4/h10-11,13,15H,5-9H2,1-4H3/t13-,15+/m1/s1. The highest BCUT2D eigenvalue weighted by Crippen LogP contribution is 2.39. The number of carbonyl (C=O) groups is 1. The molecule has 0 aliphatic heterocycles. The fraction of sp³-hybridized carbons (Fsp3) is 0.800. The first-order valence-corrected chi connectivity index (χ1v) is 6.59. The minimum absolute atomic E-state index is 0.445. The van der Waals surface area contributed by atoms with E-state index in [0.29, 0.717) is 29.5 Å². The maximum Gasteiger partial charge on any atom is 0.133 e. The molecule has 0 heterocycles. The number of carbonyl (C=O) groups excluding carboxylic acids is 1. The second-order valence-corrected chi connectivity index (χ2v) is 6.20. The first-order chi connectivity index (χ1) is 7.40. The Hall–Kier alpha value is -0.590. The molecule has 0 unspecified atom stereocenters. The molecule has 0 radical (unpaired) electrons. The van der Waals surface area contributed by atoms with Gasteiger partial charge in [0.2, 0.25) is 0 Å². The van der Waals surface area contributed by atoms with Gasteiger partial charge in [-0.3, -0.25) is 4.79 Å². The number of ketones is 1. The Labute approximate surface area is 100 Å². The Morgan fingerprint density at radius 2 is 1.88 bits per heavy atom. The van der Waals surface area contributed by atoms with Crippen LogP contribution >= 0.6 is 0 Å². The van der Waals surface area contributed by atoms with Crippen molar-refractivity contribution in [1.29, 1.82) is 0 Å². The lowest BCUT2D eigenvalue weighted by Gasteiger charge is -2.23. The highest BCUT2D eigenvalue weighted by Gasteiger charge is 2.34. The molecule has 1 rings (SSSR count). The molecule has 0 amide bonds. The Morgan fingerprint density at radius 3 is 2.38 bits per heavy atom. The highest BCUT2D eigenvalue weighted by atomic mass is 16.1. The van der Waals surface area contributed by atoms with Gasteiger partial charge in [0, 0.05) is 12.8 Å². The van der Waals surface area contributed by atoms with Gasteiger partial charge in [0.25, 0.3) is 0 Å². The van der Waals surface area contributed by atoms with Gasteiger partial charge in [-0.1, -0.05) is 39.8 Å². The smallest absolute Gasteiger partial charge is 0.133 e. The summed E-state index contributed by atoms with van der Waals surface area (Å²) in [5, 5.41) is 0. The van der Waals surface area contributed by atoms with Gasteiger partial charge in [-0.25, -0.2) is 0 Å². The van der Waals surface area contributed by atoms with Gasteiger partial charge in [-0.2, -0.15) is 0 Å². The molecule has 16 heavy (non-hydrogen) atoms. The van der Waals surface area contributed by atoms with Crippen LogP contribution in [0.4, 0.5) is 0 Å². The summed E-state index contributed by atoms with van der Waals surface area (Å²) in [4.78, 5) is 11.6. The van der Waals surface area contributed by atoms with Crippen molar-refractivity contribution in [3.63, 3.8) is 0 Å². The van der Waals surface area contributed by atoms with E-state index in [2.05, 4.69) is 34.3 Å². The van der Waals surface area contributed by atoms with Crippen molar-refractivity contribution < 1.29 is 4.79 Å². The summed E-state index contributed by atoms with van der Waals surface area (Å²) in [5.41, 5.74) is 1.31. The Bertz CT molecular complexity index is 263. The molecule has 92 valence electrons. The predicted octanol–water partition coefficient (Wildman–Crippen LogP) is 4.23. The molecule has 1 fully saturated rings. The molecular weight excluding hydrogens is 196 g/mol. The maximum absolute atomic E-state index is 11.6. The normalized spacial score (nSPS) is 25.8. The van der Waals surface area contributed by atoms with Crippen LogP contribution in [0.3, 0.4) is 0 Å². The molecule has 1 aliphatic rings. The lowest BCUT2D eigenvalue weighted by Crippen LogP contribution is -2.13. The van der Waals surface area contributed by atoms with Gasteiger partial charge in [-0.15, -0.1) is 0 Å². The first-order valence-electron chi connectivity index (χ1n) is 6.59. The molecule has 0 spiro atoms. The average Bonchev–Trinajstić information content (AvgIpc) is 2.44. The topological polar surface area (TPSA) is 17.1 Å². The molecule has 1 aliphatic carbocycles. The van der Waals surface area contributed by atoms with Crippen molar-refractivity contribution in [2.24, 2.45) is 23.7 Å². The summed E-state index contributed by atoms with van der Waals surface area (Å²) in [6.45, 7) is 13.1. The van der Waals surface area contributed by atoms with Crippen molar-refractivity contribution >= 4 is 5.78 Å². The monoisotopic (exact) mass is 222 g/mol. The zero-order chi connectivity index (χ0) is 12.3. The second kappa shape index (κ2) is 5.65. The average molecular weight is 222 g/mol. The zero-order valence-electron chi connectivity index (χ0n) is 11.3. The molecule has 2 atom stereocenters. The Kier molecular flexibility index (Phi) is 4.76. The van der Waals surface area contributed by atoms with E-state index in [1.807, 2.05) is 0 Å². The van der Waals surface area contributed by atoms with Gasteiger partial charge in [0.15, 0.2) is 0 Å². The summed E-state index contributed by atoms with van der Waals surface area (Å²) in [5.74, 6) is 2.82. The third-order valence-corrected chi connectivity index (χ3v) is 3.48. The van der Waals surface area contributed by atoms with Crippen molar-refractivity contribution in [2.45, 2.75) is 53.4 Å². The van der Waals surface area contributed by atoms with Crippen molar-refractivity contribution in [3.8, 4) is 0 Å². The lowest BCUT2D eigenvalue weighted by atomic mass is 9.81. The highest BCUT2D eigenvalue weighted by molar-refractivity contribution is 5.81. The summed E-state index contributed by atoms with van der Waals surface area (Å²) >= 11 is 0. The Balaban J connectivity index is 2.61. The minimum Gasteiger partial charge on any atom is -0.300 e. The van der Waals surface area contributed by atoms with Crippen LogP contribution in [0.25, 0.3) is 0 Å². The van der Waals surface area contributed by atoms with Crippen LogP contribution in [0.5, 0.6) is 0 Å². The van der Waals surface area contributed by atoms with Gasteiger partial charge >= 0.3 is 0 Å². The van der Waals surface area contributed by atoms with Crippen LogP contribution in [-0.2, 0) is 4.79 Å². The number of hydrogen-bond acceptors (Lipinski definition) is 1. The SMILES string of the molecule is C=C(CC(C)C)[C@@H]1CC(=O)C[C@H]1CC(C)C. The molecule has 1 saturated carbocycles. The quantitative estimate of drug-likeness (QED) is 0.636. The lowest BCUT2D eigenvalue weighted by molar-refractivity contribution is -0.117. The zero-order valence-corrected chi connectivity index (χ0v) is 11.3. The molecule has 0 aromatic carbocycles. The van der Waals surface area contributed by atoms with E-state index in [0.717, 1.165) is 19.3 Å². The van der Waals surface area contributed by atoms with Crippen molar-refractivity contribution in [3.05, 3.63) is 12.2 Å². The van der Waals surface area contributed by atoms with E-state index < -0.39 is 0 Å². The van der Waals surface area contributed by atoms with E-state index in [1.54, 1.807) is 0 Å². The van der Waals surface area contributed by atoms with Crippen LogP contribution in [-0.4, -0.2) is 5.78 Å². The van der Waals surface area contributed by atoms with Gasteiger partial charge < -0.3 is 0 Å². The molecular formula is C15H26O. The molecule has 0 aromatic heterocycles. The van der Waals surface area contributed by atoms with Gasteiger partial charge in [-0.05, 0) is 36.5 Å². The molecule has 1 nitrogen and oxygen atoms in total. The third kappa shape index (κ3) is 3.77. The van der Waals surface area contributed by atoms with E-state index in [-0.39, 0.29) is 0 Å². The molecule has 0 saturated heterocycles. The van der Waals surface area contributed by atoms with Gasteiger partial charge in [0.1, 0.15) is 5.78 Å². The number of rotatable bonds is 5. The largest absolute Gasteiger partial charge is 0.300 e. The van der Waals surface area contributed by atoms with E-state index in [9.17, 15) is 4.79 Å². The van der Waals surface area contributed by atoms with E-state index >= 15 is 0 Å². The predicted molar refractivity (Wildman–Crippen MR) is 69.3 cm³/mol. The van der Waals surface area contributed by atoms with Gasteiger partial charge in [0.05, 0.1) is 0 Å². The summed E-state index contributed by atoms with van der Waals surface area (Å²) in [6, 6.07) is 0. The van der Waals surface area contributed by atoms with Crippen molar-refractivity contribution in [1.82, 2.24) is 0 Å². The number of hydrogen-bond donors (Lipinski definition) is 0. The fourth-order valence-electron chi connectivity index (χ4n) is 2.94. The number of Topliss-reactive ketones (excluding diaryl/α,β-unsaturated/α-hetero) is 1. The maximum atomic E-state index is 11.6. The fourth-order valence-corrected chi connectivity index (χ4v) is 2.94. The van der Waals surface area contributed by atoms with E-state index in [1.165, 1.54) is 12.0 Å². The number of allylic oxidation sites excluding steroid dienone is 1. The van der Waals surface area contributed by atoms with Crippen LogP contribution < -0.4 is 0 Å². The molecule has 1 heteroatoms. The molecule has 0 bridgehead atoms. The van der Waals surface area contributed by atoms with E-state index in [4.69, 9.17) is 0 Å². The van der Waals surface area contributed by atoms with Crippen molar-refractivity contribution in [2.75, 3.05) is 0 Å². The molecule has 0 aromatic rings. The van der Waals surface area contributed by atoms with Crippen LogP contribution in [0, 0.1) is 23.7 Å². The second-order valence-electron chi connectivity index (χ2n) is 6.20. The summed E-state index contributed by atoms with van der Waals surface area (Å²) in [7, 11) is 0.